The lowest BCUT2D eigenvalue weighted by Crippen LogP contribution is -2.30. The fourth-order valence-corrected chi connectivity index (χ4v) is 4.50. The zero-order valence-electron chi connectivity index (χ0n) is 19.4. The molecule has 1 fully saturated rings. The molecule has 10 heteroatoms. The molecule has 2 amide bonds. The quantitative estimate of drug-likeness (QED) is 0.312. The van der Waals surface area contributed by atoms with Gasteiger partial charge in [-0.15, -0.1) is 11.3 Å². The summed E-state index contributed by atoms with van der Waals surface area (Å²) in [6.45, 7) is 2.58. The molecule has 1 saturated heterocycles. The third-order valence-electron chi connectivity index (χ3n) is 5.85. The van der Waals surface area contributed by atoms with Gasteiger partial charge in [-0.2, -0.15) is 5.26 Å². The van der Waals surface area contributed by atoms with E-state index < -0.39 is 0 Å². The molecule has 0 spiro atoms. The highest BCUT2D eigenvalue weighted by Gasteiger charge is 2.16. The standard InChI is InChI=1S/C26H24N6O3S/c27-15-18-13-21-22(14-24(18)34-16-17-5-8-28-9-6-17)29-10-7-23(21)35-20-3-1-19(2-4-20)31-25(33)32-26-30-11-12-36-26/h1-4,7,10-14,17,28H,5-6,8-9,16H2,(H2,30,31,32,33). The maximum Gasteiger partial charge on any atom is 0.325 e. The number of amides is 2. The minimum Gasteiger partial charge on any atom is -0.492 e. The number of nitrogens with one attached hydrogen (secondary N) is 3. The molecule has 0 aliphatic carbocycles. The Kier molecular flexibility index (Phi) is 7.21. The summed E-state index contributed by atoms with van der Waals surface area (Å²) in [6, 6.07) is 14.2. The largest absolute Gasteiger partial charge is 0.492 e. The number of nitriles is 1. The van der Waals surface area contributed by atoms with Crippen molar-refractivity contribution >= 4 is 39.1 Å². The number of carbonyl (C=O) groups is 1. The third kappa shape index (κ3) is 5.71. The van der Waals surface area contributed by atoms with Crippen molar-refractivity contribution in [2.75, 3.05) is 30.3 Å². The van der Waals surface area contributed by atoms with Gasteiger partial charge in [0.1, 0.15) is 23.3 Å². The molecule has 0 unspecified atom stereocenters. The van der Waals surface area contributed by atoms with E-state index in [4.69, 9.17) is 9.47 Å². The molecular weight excluding hydrogens is 476 g/mol. The predicted octanol–water partition coefficient (Wildman–Crippen LogP) is 5.38. The molecule has 9 nitrogen and oxygen atoms in total. The van der Waals surface area contributed by atoms with Gasteiger partial charge < -0.3 is 20.1 Å². The third-order valence-corrected chi connectivity index (χ3v) is 6.54. The van der Waals surface area contributed by atoms with Gasteiger partial charge in [0.2, 0.25) is 0 Å². The molecule has 36 heavy (non-hydrogen) atoms. The van der Waals surface area contributed by atoms with E-state index in [0.717, 1.165) is 25.9 Å². The van der Waals surface area contributed by atoms with E-state index in [1.54, 1.807) is 60.2 Å². The van der Waals surface area contributed by atoms with Crippen LogP contribution >= 0.6 is 11.3 Å². The number of thiazole rings is 1. The Hall–Kier alpha value is -4.20. The molecule has 2 aromatic heterocycles. The molecule has 5 rings (SSSR count). The summed E-state index contributed by atoms with van der Waals surface area (Å²) < 4.78 is 12.1. The van der Waals surface area contributed by atoms with Crippen LogP contribution in [-0.2, 0) is 0 Å². The summed E-state index contributed by atoms with van der Waals surface area (Å²) in [5.41, 5.74) is 1.74. The number of fused-ring (bicyclic) bond motifs is 1. The molecular formula is C26H24N6O3S. The Bertz CT molecular complexity index is 1380. The first-order valence-corrected chi connectivity index (χ1v) is 12.5. The van der Waals surface area contributed by atoms with Crippen LogP contribution in [0.5, 0.6) is 17.2 Å². The van der Waals surface area contributed by atoms with Crippen LogP contribution in [0.15, 0.2) is 60.2 Å². The molecule has 182 valence electrons. The van der Waals surface area contributed by atoms with Gasteiger partial charge in [0.25, 0.3) is 0 Å². The van der Waals surface area contributed by atoms with Crippen LogP contribution in [0.4, 0.5) is 15.6 Å². The summed E-state index contributed by atoms with van der Waals surface area (Å²) in [7, 11) is 0. The van der Waals surface area contributed by atoms with E-state index in [2.05, 4.69) is 32.0 Å². The SMILES string of the molecule is N#Cc1cc2c(Oc3ccc(NC(=O)Nc4nccs4)cc3)ccnc2cc1OCC1CCNCC1. The second-order valence-corrected chi connectivity index (χ2v) is 9.23. The van der Waals surface area contributed by atoms with Gasteiger partial charge in [-0.05, 0) is 68.2 Å². The molecule has 0 bridgehead atoms. The number of pyridine rings is 1. The number of rotatable bonds is 7. The number of hydrogen-bond donors (Lipinski definition) is 3. The highest BCUT2D eigenvalue weighted by Crippen LogP contribution is 2.33. The summed E-state index contributed by atoms with van der Waals surface area (Å²) in [4.78, 5) is 20.6. The van der Waals surface area contributed by atoms with Gasteiger partial charge in [-0.3, -0.25) is 10.3 Å². The molecule has 1 aliphatic heterocycles. The van der Waals surface area contributed by atoms with Crippen molar-refractivity contribution in [2.24, 2.45) is 5.92 Å². The lowest BCUT2D eigenvalue weighted by Gasteiger charge is -2.23. The number of urea groups is 1. The summed E-state index contributed by atoms with van der Waals surface area (Å²) in [5.74, 6) is 2.17. The number of piperidine rings is 1. The second-order valence-electron chi connectivity index (χ2n) is 8.33. The molecule has 0 atom stereocenters. The zero-order valence-corrected chi connectivity index (χ0v) is 20.2. The molecule has 4 aromatic rings. The van der Waals surface area contributed by atoms with Gasteiger partial charge in [0.05, 0.1) is 17.7 Å². The molecule has 3 N–H and O–H groups in total. The first kappa shape index (κ1) is 23.5. The van der Waals surface area contributed by atoms with Crippen LogP contribution in [0.1, 0.15) is 18.4 Å². The van der Waals surface area contributed by atoms with E-state index in [-0.39, 0.29) is 6.03 Å². The maximum atomic E-state index is 12.1. The molecule has 0 saturated carbocycles. The average molecular weight is 501 g/mol. The van der Waals surface area contributed by atoms with Crippen LogP contribution in [-0.4, -0.2) is 35.7 Å². The zero-order chi connectivity index (χ0) is 24.7. The van der Waals surface area contributed by atoms with Gasteiger partial charge in [-0.25, -0.2) is 9.78 Å². The summed E-state index contributed by atoms with van der Waals surface area (Å²) in [6.07, 6.45) is 5.42. The molecule has 0 radical (unpaired) electrons. The number of benzene rings is 2. The van der Waals surface area contributed by atoms with Gasteiger partial charge in [0, 0.05) is 34.9 Å². The van der Waals surface area contributed by atoms with Crippen LogP contribution in [0, 0.1) is 17.2 Å². The first-order valence-electron chi connectivity index (χ1n) is 11.6. The van der Waals surface area contributed by atoms with Crippen molar-refractivity contribution in [1.29, 1.82) is 5.26 Å². The number of nitrogens with zero attached hydrogens (tertiary/aromatic N) is 3. The normalized spacial score (nSPS) is 13.6. The summed E-state index contributed by atoms with van der Waals surface area (Å²) >= 11 is 1.34. The minimum absolute atomic E-state index is 0.374. The van der Waals surface area contributed by atoms with Gasteiger partial charge in [-0.1, -0.05) is 0 Å². The van der Waals surface area contributed by atoms with Crippen molar-refractivity contribution < 1.29 is 14.3 Å². The highest BCUT2D eigenvalue weighted by molar-refractivity contribution is 7.13. The van der Waals surface area contributed by atoms with Crippen LogP contribution in [0.25, 0.3) is 10.9 Å². The monoisotopic (exact) mass is 500 g/mol. The smallest absolute Gasteiger partial charge is 0.325 e. The number of hydrogen-bond acceptors (Lipinski definition) is 8. The Morgan fingerprint density at radius 3 is 2.67 bits per heavy atom. The van der Waals surface area contributed by atoms with E-state index >= 15 is 0 Å². The van der Waals surface area contributed by atoms with Crippen LogP contribution < -0.4 is 25.4 Å². The van der Waals surface area contributed by atoms with Gasteiger partial charge >= 0.3 is 6.03 Å². The molecule has 2 aromatic carbocycles. The van der Waals surface area contributed by atoms with E-state index in [1.807, 2.05) is 0 Å². The first-order chi connectivity index (χ1) is 17.7. The highest BCUT2D eigenvalue weighted by atomic mass is 32.1. The fraction of sp³-hybridized carbons (Fsp3) is 0.231. The molecule has 3 heterocycles. The average Bonchev–Trinajstić information content (AvgIpc) is 3.41. The maximum absolute atomic E-state index is 12.1. The number of ether oxygens (including phenoxy) is 2. The Morgan fingerprint density at radius 1 is 1.08 bits per heavy atom. The van der Waals surface area contributed by atoms with Crippen molar-refractivity contribution in [1.82, 2.24) is 15.3 Å². The number of aromatic nitrogens is 2. The van der Waals surface area contributed by atoms with Crippen LogP contribution in [0.2, 0.25) is 0 Å². The fourth-order valence-electron chi connectivity index (χ4n) is 3.98. The topological polar surface area (TPSA) is 121 Å². The van der Waals surface area contributed by atoms with E-state index in [0.29, 0.717) is 57.1 Å². The Labute approximate surface area is 212 Å². The summed E-state index contributed by atoms with van der Waals surface area (Å²) in [5, 5.41) is 21.5. The van der Waals surface area contributed by atoms with E-state index in [1.165, 1.54) is 11.3 Å². The van der Waals surface area contributed by atoms with Crippen molar-refractivity contribution in [3.63, 3.8) is 0 Å². The van der Waals surface area contributed by atoms with Crippen LogP contribution in [0.3, 0.4) is 0 Å². The van der Waals surface area contributed by atoms with E-state index in [9.17, 15) is 10.1 Å². The Morgan fingerprint density at radius 2 is 1.92 bits per heavy atom. The lowest BCUT2D eigenvalue weighted by atomic mass is 9.99. The van der Waals surface area contributed by atoms with Crippen molar-refractivity contribution in [2.45, 2.75) is 12.8 Å². The lowest BCUT2D eigenvalue weighted by molar-refractivity contribution is 0.215. The van der Waals surface area contributed by atoms with Crippen molar-refractivity contribution in [3.8, 4) is 23.3 Å². The molecule has 1 aliphatic rings. The Balaban J connectivity index is 1.28. The number of carbonyl (C=O) groups excluding carboxylic acids is 1. The number of anilines is 2. The minimum atomic E-state index is -0.374. The van der Waals surface area contributed by atoms with Crippen molar-refractivity contribution in [3.05, 3.63) is 65.8 Å². The predicted molar refractivity (Wildman–Crippen MR) is 139 cm³/mol. The van der Waals surface area contributed by atoms with Gasteiger partial charge in [0.15, 0.2) is 5.13 Å². The second kappa shape index (κ2) is 11.0.